The molecule has 0 aliphatic heterocycles. The number of alkyl halides is 3. The van der Waals surface area contributed by atoms with Crippen LogP contribution in [0.2, 0.25) is 0 Å². The SMILES string of the molecule is Cc1cc(C(F)(F)F)ccc1C(O)c1cccc(C)c1I. The fraction of sp³-hybridized carbons (Fsp3) is 0.250. The Bertz CT molecular complexity index is 665. The molecule has 112 valence electrons. The van der Waals surface area contributed by atoms with Crippen molar-refractivity contribution in [3.8, 4) is 0 Å². The molecule has 2 rings (SSSR count). The van der Waals surface area contributed by atoms with Gasteiger partial charge in [-0.2, -0.15) is 13.2 Å². The average molecular weight is 406 g/mol. The Morgan fingerprint density at radius 2 is 1.67 bits per heavy atom. The summed E-state index contributed by atoms with van der Waals surface area (Å²) in [5, 5.41) is 10.5. The fourth-order valence-electron chi connectivity index (χ4n) is 2.21. The summed E-state index contributed by atoms with van der Waals surface area (Å²) in [6, 6.07) is 8.97. The van der Waals surface area contributed by atoms with Crippen molar-refractivity contribution in [2.24, 2.45) is 0 Å². The lowest BCUT2D eigenvalue weighted by Crippen LogP contribution is -2.09. The molecule has 2 aromatic carbocycles. The van der Waals surface area contributed by atoms with E-state index in [-0.39, 0.29) is 0 Å². The Morgan fingerprint density at radius 3 is 2.24 bits per heavy atom. The minimum Gasteiger partial charge on any atom is -0.384 e. The van der Waals surface area contributed by atoms with Gasteiger partial charge in [0.2, 0.25) is 0 Å². The molecule has 0 aromatic heterocycles. The smallest absolute Gasteiger partial charge is 0.384 e. The first-order valence-corrected chi connectivity index (χ1v) is 7.40. The van der Waals surface area contributed by atoms with Gasteiger partial charge in [-0.05, 0) is 70.8 Å². The van der Waals surface area contributed by atoms with Crippen LogP contribution < -0.4 is 0 Å². The maximum atomic E-state index is 12.7. The van der Waals surface area contributed by atoms with E-state index < -0.39 is 17.8 Å². The molecule has 21 heavy (non-hydrogen) atoms. The predicted octanol–water partition coefficient (Wildman–Crippen LogP) is 5.01. The van der Waals surface area contributed by atoms with Gasteiger partial charge >= 0.3 is 6.18 Å². The van der Waals surface area contributed by atoms with Crippen molar-refractivity contribution >= 4 is 22.6 Å². The lowest BCUT2D eigenvalue weighted by atomic mass is 9.95. The van der Waals surface area contributed by atoms with E-state index in [1.54, 1.807) is 13.0 Å². The topological polar surface area (TPSA) is 20.2 Å². The lowest BCUT2D eigenvalue weighted by molar-refractivity contribution is -0.137. The summed E-state index contributed by atoms with van der Waals surface area (Å²) in [6.07, 6.45) is -5.30. The van der Waals surface area contributed by atoms with Crippen molar-refractivity contribution in [1.29, 1.82) is 0 Å². The molecule has 2 aromatic rings. The van der Waals surface area contributed by atoms with Gasteiger partial charge in [0, 0.05) is 3.57 Å². The van der Waals surface area contributed by atoms with Crippen molar-refractivity contribution in [3.63, 3.8) is 0 Å². The van der Waals surface area contributed by atoms with Crippen LogP contribution in [0.1, 0.15) is 33.9 Å². The maximum absolute atomic E-state index is 12.7. The van der Waals surface area contributed by atoms with Crippen LogP contribution in [0.3, 0.4) is 0 Å². The summed E-state index contributed by atoms with van der Waals surface area (Å²) in [4.78, 5) is 0. The van der Waals surface area contributed by atoms with Gasteiger partial charge < -0.3 is 5.11 Å². The van der Waals surface area contributed by atoms with Crippen LogP contribution >= 0.6 is 22.6 Å². The van der Waals surface area contributed by atoms with Crippen LogP contribution in [-0.4, -0.2) is 5.11 Å². The highest BCUT2D eigenvalue weighted by Gasteiger charge is 2.31. The monoisotopic (exact) mass is 406 g/mol. The van der Waals surface area contributed by atoms with E-state index in [9.17, 15) is 18.3 Å². The van der Waals surface area contributed by atoms with Crippen molar-refractivity contribution in [1.82, 2.24) is 0 Å². The normalized spacial score (nSPS) is 13.3. The van der Waals surface area contributed by atoms with E-state index in [0.717, 1.165) is 21.3 Å². The zero-order valence-corrected chi connectivity index (χ0v) is 13.7. The summed E-state index contributed by atoms with van der Waals surface area (Å²) in [5.74, 6) is 0. The molecular formula is C16H14F3IO. The van der Waals surface area contributed by atoms with Crippen LogP contribution in [0.4, 0.5) is 13.2 Å². The summed E-state index contributed by atoms with van der Waals surface area (Å²) in [6.45, 7) is 3.51. The minimum absolute atomic E-state index is 0.426. The second kappa shape index (κ2) is 5.96. The van der Waals surface area contributed by atoms with Gasteiger partial charge in [-0.1, -0.05) is 24.3 Å². The highest BCUT2D eigenvalue weighted by molar-refractivity contribution is 14.1. The van der Waals surface area contributed by atoms with E-state index in [0.29, 0.717) is 16.7 Å². The molecule has 1 unspecified atom stereocenters. The molecule has 1 nitrogen and oxygen atoms in total. The zero-order chi connectivity index (χ0) is 15.8. The number of aliphatic hydroxyl groups is 1. The molecular weight excluding hydrogens is 392 g/mol. The first-order chi connectivity index (χ1) is 9.71. The molecule has 0 bridgehead atoms. The molecule has 0 amide bonds. The van der Waals surface area contributed by atoms with Crippen LogP contribution in [0.5, 0.6) is 0 Å². The van der Waals surface area contributed by atoms with Crippen molar-refractivity contribution in [2.45, 2.75) is 26.1 Å². The Balaban J connectivity index is 2.45. The first-order valence-electron chi connectivity index (χ1n) is 6.32. The third kappa shape index (κ3) is 3.40. The molecule has 0 aliphatic rings. The van der Waals surface area contributed by atoms with Crippen LogP contribution in [-0.2, 0) is 6.18 Å². The van der Waals surface area contributed by atoms with E-state index in [1.165, 1.54) is 6.07 Å². The van der Waals surface area contributed by atoms with Gasteiger partial charge in [0.25, 0.3) is 0 Å². The van der Waals surface area contributed by atoms with Gasteiger partial charge in [0.05, 0.1) is 5.56 Å². The Morgan fingerprint density at radius 1 is 1.00 bits per heavy atom. The molecule has 5 heteroatoms. The van der Waals surface area contributed by atoms with E-state index in [2.05, 4.69) is 22.6 Å². The second-order valence-electron chi connectivity index (χ2n) is 4.95. The minimum atomic E-state index is -4.37. The summed E-state index contributed by atoms with van der Waals surface area (Å²) in [7, 11) is 0. The van der Waals surface area contributed by atoms with Crippen LogP contribution in [0.15, 0.2) is 36.4 Å². The quantitative estimate of drug-likeness (QED) is 0.696. The number of halogens is 4. The van der Waals surface area contributed by atoms with Crippen molar-refractivity contribution < 1.29 is 18.3 Å². The van der Waals surface area contributed by atoms with E-state index >= 15 is 0 Å². The van der Waals surface area contributed by atoms with Gasteiger partial charge in [0.15, 0.2) is 0 Å². The predicted molar refractivity (Wildman–Crippen MR) is 84.1 cm³/mol. The van der Waals surface area contributed by atoms with Crippen LogP contribution in [0, 0.1) is 17.4 Å². The van der Waals surface area contributed by atoms with Gasteiger partial charge in [-0.15, -0.1) is 0 Å². The number of benzene rings is 2. The standard InChI is InChI=1S/C16H14F3IO/c1-9-4-3-5-13(14(9)20)15(21)12-7-6-11(8-10(12)2)16(17,18)19/h3-8,15,21H,1-2H3. The van der Waals surface area contributed by atoms with Crippen LogP contribution in [0.25, 0.3) is 0 Å². The molecule has 0 spiro atoms. The highest BCUT2D eigenvalue weighted by Crippen LogP contribution is 2.34. The van der Waals surface area contributed by atoms with Crippen molar-refractivity contribution in [2.75, 3.05) is 0 Å². The molecule has 0 saturated heterocycles. The maximum Gasteiger partial charge on any atom is 0.416 e. The number of hydrogen-bond acceptors (Lipinski definition) is 1. The third-order valence-electron chi connectivity index (χ3n) is 3.41. The van der Waals surface area contributed by atoms with E-state index in [4.69, 9.17) is 0 Å². The van der Waals surface area contributed by atoms with Crippen molar-refractivity contribution in [3.05, 3.63) is 67.8 Å². The summed E-state index contributed by atoms with van der Waals surface area (Å²) >= 11 is 2.14. The molecule has 1 N–H and O–H groups in total. The average Bonchev–Trinajstić information content (AvgIpc) is 2.40. The highest BCUT2D eigenvalue weighted by atomic mass is 127. The van der Waals surface area contributed by atoms with E-state index in [1.807, 2.05) is 19.1 Å². The Hall–Kier alpha value is -1.08. The molecule has 0 radical (unpaired) electrons. The fourth-order valence-corrected chi connectivity index (χ4v) is 2.86. The summed E-state index contributed by atoms with van der Waals surface area (Å²) < 4.78 is 38.9. The van der Waals surface area contributed by atoms with Gasteiger partial charge in [-0.3, -0.25) is 0 Å². The largest absolute Gasteiger partial charge is 0.416 e. The van der Waals surface area contributed by atoms with Gasteiger partial charge in [-0.25, -0.2) is 0 Å². The Labute approximate surface area is 135 Å². The number of hydrogen-bond donors (Lipinski definition) is 1. The zero-order valence-electron chi connectivity index (χ0n) is 11.5. The number of aryl methyl sites for hydroxylation is 2. The summed E-state index contributed by atoms with van der Waals surface area (Å²) in [5.41, 5.74) is 1.95. The van der Waals surface area contributed by atoms with Gasteiger partial charge in [0.1, 0.15) is 6.10 Å². The number of aliphatic hydroxyl groups excluding tert-OH is 1. The molecule has 0 saturated carbocycles. The molecule has 0 fully saturated rings. The number of rotatable bonds is 2. The molecule has 1 atom stereocenters. The lowest BCUT2D eigenvalue weighted by Gasteiger charge is -2.18. The molecule has 0 heterocycles. The second-order valence-corrected chi connectivity index (χ2v) is 6.03. The third-order valence-corrected chi connectivity index (χ3v) is 4.88. The first kappa shape index (κ1) is 16.3. The molecule has 0 aliphatic carbocycles. The Kier molecular flexibility index (Phi) is 4.63.